The third-order valence-corrected chi connectivity index (χ3v) is 4.62. The molecule has 140 valence electrons. The van der Waals surface area contributed by atoms with Crippen LogP contribution in [0.15, 0.2) is 30.3 Å². The average molecular weight is 347 g/mol. The smallest absolute Gasteiger partial charge is 0.407 e. The van der Waals surface area contributed by atoms with E-state index in [-0.39, 0.29) is 12.1 Å². The molecule has 1 amide bonds. The minimum atomic E-state index is -0.435. The zero-order chi connectivity index (χ0) is 18.1. The number of nitrogens with one attached hydrogen (secondary N) is 2. The SMILES string of the molecule is CC(C)(C)OC(=O)NC1CCCCC(NCc2ccccc2)CCC1. The Kier molecular flexibility index (Phi) is 7.76. The summed E-state index contributed by atoms with van der Waals surface area (Å²) >= 11 is 0. The van der Waals surface area contributed by atoms with Gasteiger partial charge in [-0.25, -0.2) is 4.79 Å². The zero-order valence-electron chi connectivity index (χ0n) is 16.0. The molecule has 0 aliphatic heterocycles. The molecule has 1 aliphatic carbocycles. The molecule has 4 nitrogen and oxygen atoms in total. The molecule has 1 aromatic carbocycles. The van der Waals surface area contributed by atoms with Crippen LogP contribution in [-0.4, -0.2) is 23.8 Å². The van der Waals surface area contributed by atoms with Crippen LogP contribution in [0.5, 0.6) is 0 Å². The van der Waals surface area contributed by atoms with Crippen LogP contribution < -0.4 is 10.6 Å². The second-order valence-electron chi connectivity index (χ2n) is 8.12. The number of carbonyl (C=O) groups excluding carboxylic acids is 1. The van der Waals surface area contributed by atoms with E-state index in [4.69, 9.17) is 4.74 Å². The van der Waals surface area contributed by atoms with Gasteiger partial charge in [-0.05, 0) is 58.4 Å². The summed E-state index contributed by atoms with van der Waals surface area (Å²) in [6, 6.07) is 11.4. The molecule has 0 radical (unpaired) electrons. The highest BCUT2D eigenvalue weighted by Gasteiger charge is 2.20. The van der Waals surface area contributed by atoms with Gasteiger partial charge < -0.3 is 15.4 Å². The predicted molar refractivity (Wildman–Crippen MR) is 103 cm³/mol. The molecular weight excluding hydrogens is 312 g/mol. The minimum Gasteiger partial charge on any atom is -0.444 e. The van der Waals surface area contributed by atoms with Crippen molar-refractivity contribution >= 4 is 6.09 Å². The van der Waals surface area contributed by atoms with Gasteiger partial charge in [0.15, 0.2) is 0 Å². The molecule has 1 saturated carbocycles. The topological polar surface area (TPSA) is 50.4 Å². The van der Waals surface area contributed by atoms with E-state index in [1.807, 2.05) is 20.8 Å². The Hall–Kier alpha value is -1.55. The maximum Gasteiger partial charge on any atom is 0.407 e. The molecule has 0 spiro atoms. The van der Waals surface area contributed by atoms with Crippen LogP contribution in [0, 0.1) is 0 Å². The first-order valence-corrected chi connectivity index (χ1v) is 9.69. The minimum absolute atomic E-state index is 0.239. The van der Waals surface area contributed by atoms with Gasteiger partial charge in [0.25, 0.3) is 0 Å². The molecule has 2 N–H and O–H groups in total. The van der Waals surface area contributed by atoms with Gasteiger partial charge in [-0.2, -0.15) is 0 Å². The highest BCUT2D eigenvalue weighted by Crippen LogP contribution is 2.19. The lowest BCUT2D eigenvalue weighted by Crippen LogP contribution is -2.39. The molecular formula is C21H34N2O2. The van der Waals surface area contributed by atoms with Crippen LogP contribution >= 0.6 is 0 Å². The molecule has 0 saturated heterocycles. The highest BCUT2D eigenvalue weighted by molar-refractivity contribution is 5.68. The summed E-state index contributed by atoms with van der Waals surface area (Å²) in [7, 11) is 0. The quantitative estimate of drug-likeness (QED) is 0.825. The number of alkyl carbamates (subject to hydrolysis) is 1. The number of carbonyl (C=O) groups is 1. The van der Waals surface area contributed by atoms with Crippen LogP contribution in [0.4, 0.5) is 4.79 Å². The molecule has 0 bridgehead atoms. The summed E-state index contributed by atoms with van der Waals surface area (Å²) in [5.41, 5.74) is 0.904. The van der Waals surface area contributed by atoms with Gasteiger partial charge in [0, 0.05) is 18.6 Å². The van der Waals surface area contributed by atoms with Gasteiger partial charge in [-0.3, -0.25) is 0 Å². The fourth-order valence-corrected chi connectivity index (χ4v) is 3.36. The fourth-order valence-electron chi connectivity index (χ4n) is 3.36. The average Bonchev–Trinajstić information content (AvgIpc) is 2.64. The van der Waals surface area contributed by atoms with Gasteiger partial charge in [0.1, 0.15) is 5.60 Å². The molecule has 1 aliphatic rings. The Labute approximate surface area is 152 Å². The normalized spacial score (nSPS) is 22.4. The first-order valence-electron chi connectivity index (χ1n) is 9.69. The van der Waals surface area contributed by atoms with Crippen molar-refractivity contribution in [2.24, 2.45) is 0 Å². The molecule has 4 heteroatoms. The van der Waals surface area contributed by atoms with E-state index < -0.39 is 5.60 Å². The van der Waals surface area contributed by atoms with E-state index in [0.29, 0.717) is 6.04 Å². The number of hydrogen-bond acceptors (Lipinski definition) is 3. The van der Waals surface area contributed by atoms with Crippen LogP contribution in [0.1, 0.15) is 71.3 Å². The highest BCUT2D eigenvalue weighted by atomic mass is 16.6. The maximum atomic E-state index is 12.0. The fraction of sp³-hybridized carbons (Fsp3) is 0.667. The summed E-state index contributed by atoms with van der Waals surface area (Å²) in [6.07, 6.45) is 7.67. The Morgan fingerprint density at radius 3 is 2.28 bits per heavy atom. The number of ether oxygens (including phenoxy) is 1. The molecule has 1 fully saturated rings. The van der Waals surface area contributed by atoms with E-state index in [0.717, 1.165) is 32.2 Å². The molecule has 25 heavy (non-hydrogen) atoms. The second kappa shape index (κ2) is 9.81. The van der Waals surface area contributed by atoms with Gasteiger partial charge in [0.2, 0.25) is 0 Å². The summed E-state index contributed by atoms with van der Waals surface area (Å²) in [4.78, 5) is 12.0. The predicted octanol–water partition coefficient (Wildman–Crippen LogP) is 4.78. The van der Waals surface area contributed by atoms with E-state index in [2.05, 4.69) is 41.0 Å². The first kappa shape index (κ1) is 19.8. The van der Waals surface area contributed by atoms with E-state index in [1.54, 1.807) is 0 Å². The number of benzene rings is 1. The van der Waals surface area contributed by atoms with E-state index in [9.17, 15) is 4.79 Å². The molecule has 2 unspecified atom stereocenters. The van der Waals surface area contributed by atoms with Crippen molar-refractivity contribution in [3.8, 4) is 0 Å². The van der Waals surface area contributed by atoms with Crippen molar-refractivity contribution < 1.29 is 9.53 Å². The maximum absolute atomic E-state index is 12.0. The van der Waals surface area contributed by atoms with Crippen molar-refractivity contribution in [2.75, 3.05) is 0 Å². The monoisotopic (exact) mass is 346 g/mol. The van der Waals surface area contributed by atoms with Gasteiger partial charge >= 0.3 is 6.09 Å². The summed E-state index contributed by atoms with van der Waals surface area (Å²) < 4.78 is 5.39. The largest absolute Gasteiger partial charge is 0.444 e. The lowest BCUT2D eigenvalue weighted by Gasteiger charge is -2.23. The van der Waals surface area contributed by atoms with Crippen LogP contribution in [0.3, 0.4) is 0 Å². The molecule has 2 atom stereocenters. The lowest BCUT2D eigenvalue weighted by molar-refractivity contribution is 0.0498. The Morgan fingerprint density at radius 2 is 1.60 bits per heavy atom. The van der Waals surface area contributed by atoms with Crippen molar-refractivity contribution in [1.82, 2.24) is 10.6 Å². The molecule has 2 rings (SSSR count). The van der Waals surface area contributed by atoms with Crippen molar-refractivity contribution in [1.29, 1.82) is 0 Å². The molecule has 0 aromatic heterocycles. The number of hydrogen-bond donors (Lipinski definition) is 2. The second-order valence-corrected chi connectivity index (χ2v) is 8.12. The first-order chi connectivity index (χ1) is 11.9. The third-order valence-electron chi connectivity index (χ3n) is 4.62. The van der Waals surface area contributed by atoms with Gasteiger partial charge in [0.05, 0.1) is 0 Å². The van der Waals surface area contributed by atoms with Crippen LogP contribution in [-0.2, 0) is 11.3 Å². The molecule has 1 aromatic rings. The zero-order valence-corrected chi connectivity index (χ0v) is 16.0. The Balaban J connectivity index is 1.75. The Bertz CT molecular complexity index is 510. The summed E-state index contributed by atoms with van der Waals surface area (Å²) in [5, 5.41) is 6.77. The number of amides is 1. The van der Waals surface area contributed by atoms with Gasteiger partial charge in [-0.1, -0.05) is 43.2 Å². The van der Waals surface area contributed by atoms with Crippen molar-refractivity contribution in [3.05, 3.63) is 35.9 Å². The van der Waals surface area contributed by atoms with Gasteiger partial charge in [-0.15, -0.1) is 0 Å². The van der Waals surface area contributed by atoms with E-state index >= 15 is 0 Å². The standard InChI is InChI=1S/C21H34N2O2/c1-21(2,3)25-20(24)23-19-13-8-7-12-18(14-9-15-19)22-16-17-10-5-4-6-11-17/h4-6,10-11,18-19,22H,7-9,12-16H2,1-3H3,(H,23,24). The van der Waals surface area contributed by atoms with Crippen LogP contribution in [0.25, 0.3) is 0 Å². The Morgan fingerprint density at radius 1 is 1.00 bits per heavy atom. The summed E-state index contributed by atoms with van der Waals surface area (Å²) in [6.45, 7) is 6.64. The third kappa shape index (κ3) is 8.39. The molecule has 0 heterocycles. The van der Waals surface area contributed by atoms with Crippen LogP contribution in [0.2, 0.25) is 0 Å². The summed E-state index contributed by atoms with van der Waals surface area (Å²) in [5.74, 6) is 0. The van der Waals surface area contributed by atoms with Crippen molar-refractivity contribution in [2.45, 2.75) is 89.9 Å². The van der Waals surface area contributed by atoms with Crippen molar-refractivity contribution in [3.63, 3.8) is 0 Å². The lowest BCUT2D eigenvalue weighted by atomic mass is 10.0. The number of rotatable bonds is 4. The van der Waals surface area contributed by atoms with E-state index in [1.165, 1.54) is 24.8 Å².